The maximum atomic E-state index is 6.41. The van der Waals surface area contributed by atoms with Crippen LogP contribution in [0.3, 0.4) is 0 Å². The van der Waals surface area contributed by atoms with Gasteiger partial charge in [0.15, 0.2) is 0 Å². The molecular weight excluding hydrogens is 338 g/mol. The van der Waals surface area contributed by atoms with Crippen molar-refractivity contribution in [3.63, 3.8) is 0 Å². The molecule has 0 bridgehead atoms. The molecule has 1 unspecified atom stereocenters. The molecule has 2 heterocycles. The minimum Gasteiger partial charge on any atom is -0.495 e. The highest BCUT2D eigenvalue weighted by Gasteiger charge is 2.23. The molecule has 1 atom stereocenters. The van der Waals surface area contributed by atoms with Crippen LogP contribution in [0, 0.1) is 0 Å². The molecule has 6 nitrogen and oxygen atoms in total. The normalized spacial score (nSPS) is 17.5. The van der Waals surface area contributed by atoms with Crippen LogP contribution in [0.2, 0.25) is 5.02 Å². The highest BCUT2D eigenvalue weighted by atomic mass is 35.5. The van der Waals surface area contributed by atoms with Crippen molar-refractivity contribution in [1.82, 2.24) is 14.9 Å². The zero-order valence-electron chi connectivity index (χ0n) is 14.9. The summed E-state index contributed by atoms with van der Waals surface area (Å²) >= 11 is 6.41. The second-order valence-corrected chi connectivity index (χ2v) is 6.83. The molecule has 25 heavy (non-hydrogen) atoms. The summed E-state index contributed by atoms with van der Waals surface area (Å²) < 4.78 is 5.30. The summed E-state index contributed by atoms with van der Waals surface area (Å²) in [4.78, 5) is 12.9. The SMILES string of the molecule is COc1cccc(CN2CCC(Nc3cc(N(C)C)ncn3)C2)c1Cl. The fraction of sp³-hybridized carbons (Fsp3) is 0.444. The summed E-state index contributed by atoms with van der Waals surface area (Å²) in [5.41, 5.74) is 1.10. The Hall–Kier alpha value is -2.05. The van der Waals surface area contributed by atoms with Crippen molar-refractivity contribution in [2.75, 3.05) is 44.5 Å². The first-order valence-electron chi connectivity index (χ1n) is 8.36. The lowest BCUT2D eigenvalue weighted by molar-refractivity contribution is 0.327. The van der Waals surface area contributed by atoms with E-state index in [4.69, 9.17) is 16.3 Å². The van der Waals surface area contributed by atoms with E-state index in [0.29, 0.717) is 11.1 Å². The molecule has 1 aliphatic heterocycles. The van der Waals surface area contributed by atoms with Gasteiger partial charge in [-0.15, -0.1) is 0 Å². The average Bonchev–Trinajstić information content (AvgIpc) is 3.04. The predicted molar refractivity (Wildman–Crippen MR) is 102 cm³/mol. The molecular formula is C18H24ClN5O. The van der Waals surface area contributed by atoms with Crippen LogP contribution in [0.25, 0.3) is 0 Å². The number of nitrogens with zero attached hydrogens (tertiary/aromatic N) is 4. The first-order chi connectivity index (χ1) is 12.1. The summed E-state index contributed by atoms with van der Waals surface area (Å²) in [7, 11) is 5.59. The van der Waals surface area contributed by atoms with Crippen molar-refractivity contribution in [3.05, 3.63) is 41.2 Å². The van der Waals surface area contributed by atoms with Gasteiger partial charge in [-0.25, -0.2) is 9.97 Å². The minimum absolute atomic E-state index is 0.370. The van der Waals surface area contributed by atoms with Crippen molar-refractivity contribution in [2.45, 2.75) is 19.0 Å². The lowest BCUT2D eigenvalue weighted by Gasteiger charge is -2.19. The minimum atomic E-state index is 0.370. The molecule has 1 aromatic heterocycles. The molecule has 134 valence electrons. The molecule has 0 spiro atoms. The molecule has 1 N–H and O–H groups in total. The highest BCUT2D eigenvalue weighted by molar-refractivity contribution is 6.32. The van der Waals surface area contributed by atoms with Gasteiger partial charge in [-0.05, 0) is 18.1 Å². The molecule has 0 radical (unpaired) electrons. The summed E-state index contributed by atoms with van der Waals surface area (Å²) in [5.74, 6) is 2.49. The lowest BCUT2D eigenvalue weighted by Crippen LogP contribution is -2.26. The average molecular weight is 362 g/mol. The highest BCUT2D eigenvalue weighted by Crippen LogP contribution is 2.29. The number of benzene rings is 1. The van der Waals surface area contributed by atoms with Crippen LogP contribution >= 0.6 is 11.6 Å². The smallest absolute Gasteiger partial charge is 0.137 e. The van der Waals surface area contributed by atoms with E-state index in [2.05, 4.69) is 26.3 Å². The maximum Gasteiger partial charge on any atom is 0.137 e. The third-order valence-corrected chi connectivity index (χ3v) is 4.82. The topological polar surface area (TPSA) is 53.5 Å². The van der Waals surface area contributed by atoms with E-state index in [1.165, 1.54) is 0 Å². The predicted octanol–water partition coefficient (Wildman–Crippen LogP) is 2.89. The molecule has 1 saturated heterocycles. The third kappa shape index (κ3) is 4.32. The molecule has 7 heteroatoms. The number of methoxy groups -OCH3 is 1. The molecule has 1 aliphatic rings. The van der Waals surface area contributed by atoms with Crippen LogP contribution in [-0.4, -0.2) is 55.2 Å². The number of halogens is 1. The number of ether oxygens (including phenoxy) is 1. The van der Waals surface area contributed by atoms with Gasteiger partial charge >= 0.3 is 0 Å². The summed E-state index contributed by atoms with van der Waals surface area (Å²) in [5, 5.41) is 4.21. The van der Waals surface area contributed by atoms with Gasteiger partial charge in [-0.1, -0.05) is 23.7 Å². The van der Waals surface area contributed by atoms with E-state index in [1.807, 2.05) is 37.2 Å². The second kappa shape index (κ2) is 7.89. The van der Waals surface area contributed by atoms with Gasteiger partial charge in [0.2, 0.25) is 0 Å². The molecule has 0 aliphatic carbocycles. The third-order valence-electron chi connectivity index (χ3n) is 4.39. The molecule has 0 amide bonds. The van der Waals surface area contributed by atoms with Crippen molar-refractivity contribution in [2.24, 2.45) is 0 Å². The number of anilines is 2. The van der Waals surface area contributed by atoms with Gasteiger partial charge in [0.25, 0.3) is 0 Å². The number of rotatable bonds is 6. The fourth-order valence-corrected chi connectivity index (χ4v) is 3.31. The molecule has 0 saturated carbocycles. The summed E-state index contributed by atoms with van der Waals surface area (Å²) in [6, 6.07) is 8.27. The number of likely N-dealkylation sites (tertiary alicyclic amines) is 1. The zero-order chi connectivity index (χ0) is 17.8. The van der Waals surface area contributed by atoms with Gasteiger partial charge in [-0.3, -0.25) is 4.90 Å². The van der Waals surface area contributed by atoms with E-state index >= 15 is 0 Å². The largest absolute Gasteiger partial charge is 0.495 e. The van der Waals surface area contributed by atoms with Crippen molar-refractivity contribution in [1.29, 1.82) is 0 Å². The van der Waals surface area contributed by atoms with Crippen LogP contribution in [0.4, 0.5) is 11.6 Å². The zero-order valence-corrected chi connectivity index (χ0v) is 15.6. The maximum absolute atomic E-state index is 6.41. The van der Waals surface area contributed by atoms with Crippen LogP contribution in [-0.2, 0) is 6.54 Å². The van der Waals surface area contributed by atoms with E-state index in [0.717, 1.165) is 49.0 Å². The van der Waals surface area contributed by atoms with Gasteiger partial charge in [0.1, 0.15) is 23.7 Å². The first kappa shape index (κ1) is 17.8. The number of aromatic nitrogens is 2. The molecule has 2 aromatic rings. The van der Waals surface area contributed by atoms with Crippen LogP contribution in [0.1, 0.15) is 12.0 Å². The Balaban J connectivity index is 1.60. The van der Waals surface area contributed by atoms with Crippen molar-refractivity contribution >= 4 is 23.2 Å². The molecule has 1 fully saturated rings. The number of hydrogen-bond donors (Lipinski definition) is 1. The molecule has 3 rings (SSSR count). The van der Waals surface area contributed by atoms with Crippen molar-refractivity contribution in [3.8, 4) is 5.75 Å². The quantitative estimate of drug-likeness (QED) is 0.853. The number of hydrogen-bond acceptors (Lipinski definition) is 6. The Labute approximate surface area is 153 Å². The van der Waals surface area contributed by atoms with Gasteiger partial charge < -0.3 is 15.0 Å². The van der Waals surface area contributed by atoms with Crippen LogP contribution in [0.15, 0.2) is 30.6 Å². The van der Waals surface area contributed by atoms with Crippen LogP contribution < -0.4 is 15.0 Å². The first-order valence-corrected chi connectivity index (χ1v) is 8.74. The second-order valence-electron chi connectivity index (χ2n) is 6.45. The van der Waals surface area contributed by atoms with E-state index in [-0.39, 0.29) is 0 Å². The Kier molecular flexibility index (Phi) is 5.60. The monoisotopic (exact) mass is 361 g/mol. The Morgan fingerprint density at radius 3 is 2.96 bits per heavy atom. The van der Waals surface area contributed by atoms with Gasteiger partial charge in [0, 0.05) is 45.8 Å². The Morgan fingerprint density at radius 1 is 1.36 bits per heavy atom. The Morgan fingerprint density at radius 2 is 2.20 bits per heavy atom. The fourth-order valence-electron chi connectivity index (χ4n) is 3.05. The van der Waals surface area contributed by atoms with E-state index in [1.54, 1.807) is 13.4 Å². The van der Waals surface area contributed by atoms with E-state index < -0.39 is 0 Å². The van der Waals surface area contributed by atoms with Gasteiger partial charge in [0.05, 0.1) is 12.1 Å². The van der Waals surface area contributed by atoms with Crippen LogP contribution in [0.5, 0.6) is 5.75 Å². The summed E-state index contributed by atoms with van der Waals surface area (Å²) in [6.45, 7) is 2.80. The van der Waals surface area contributed by atoms with Gasteiger partial charge in [-0.2, -0.15) is 0 Å². The van der Waals surface area contributed by atoms with Crippen molar-refractivity contribution < 1.29 is 4.74 Å². The summed E-state index contributed by atoms with van der Waals surface area (Å²) in [6.07, 6.45) is 2.67. The lowest BCUT2D eigenvalue weighted by atomic mass is 10.2. The standard InChI is InChI=1S/C18H24ClN5O/c1-23(2)17-9-16(20-12-21-17)22-14-7-8-24(11-14)10-13-5-4-6-15(25-3)18(13)19/h4-6,9,12,14H,7-8,10-11H2,1-3H3,(H,20,21,22). The Bertz CT molecular complexity index is 724. The number of nitrogens with one attached hydrogen (secondary N) is 1. The molecule has 1 aromatic carbocycles. The van der Waals surface area contributed by atoms with E-state index in [9.17, 15) is 0 Å².